The van der Waals surface area contributed by atoms with Gasteiger partial charge in [0, 0.05) is 11.1 Å². The second-order valence-electron chi connectivity index (χ2n) is 5.84. The molecular formula is C16H25NO2. The van der Waals surface area contributed by atoms with Gasteiger partial charge in [-0.3, -0.25) is 0 Å². The molecule has 1 aliphatic heterocycles. The second-order valence-corrected chi connectivity index (χ2v) is 5.84. The summed E-state index contributed by atoms with van der Waals surface area (Å²) in [6.45, 7) is 8.12. The Morgan fingerprint density at radius 2 is 2.05 bits per heavy atom. The first kappa shape index (κ1) is 14.4. The van der Waals surface area contributed by atoms with E-state index < -0.39 is 0 Å². The van der Waals surface area contributed by atoms with E-state index in [1.807, 2.05) is 7.05 Å². The van der Waals surface area contributed by atoms with Crippen molar-refractivity contribution in [1.82, 2.24) is 5.32 Å². The quantitative estimate of drug-likeness (QED) is 0.885. The predicted molar refractivity (Wildman–Crippen MR) is 78.0 cm³/mol. The van der Waals surface area contributed by atoms with E-state index in [4.69, 9.17) is 9.47 Å². The van der Waals surface area contributed by atoms with E-state index >= 15 is 0 Å². The number of rotatable bonds is 5. The SMILES string of the molecule is CCc1ccc(OC)c(C2(C(C)(C)NC)COC2)c1. The standard InChI is InChI=1S/C16H25NO2/c1-6-12-7-8-14(18-5)13(9-12)16(10-19-11-16)15(2,3)17-4/h7-9,17H,6,10-11H2,1-5H3. The molecule has 1 aliphatic rings. The molecule has 0 atom stereocenters. The lowest BCUT2D eigenvalue weighted by Gasteiger charge is -2.53. The van der Waals surface area contributed by atoms with Crippen molar-refractivity contribution in [2.45, 2.75) is 38.1 Å². The highest BCUT2D eigenvalue weighted by atomic mass is 16.5. The van der Waals surface area contributed by atoms with Crippen molar-refractivity contribution >= 4 is 0 Å². The van der Waals surface area contributed by atoms with Crippen LogP contribution in [0.1, 0.15) is 31.9 Å². The van der Waals surface area contributed by atoms with Gasteiger partial charge in [0.2, 0.25) is 0 Å². The minimum atomic E-state index is -0.0368. The molecular weight excluding hydrogens is 238 g/mol. The molecule has 3 nitrogen and oxygen atoms in total. The highest BCUT2D eigenvalue weighted by Gasteiger charge is 2.53. The molecule has 1 aromatic carbocycles. The summed E-state index contributed by atoms with van der Waals surface area (Å²) >= 11 is 0. The van der Waals surface area contributed by atoms with Gasteiger partial charge in [-0.05, 0) is 38.9 Å². The number of aryl methyl sites for hydroxylation is 1. The maximum absolute atomic E-state index is 5.58. The number of methoxy groups -OCH3 is 1. The first-order chi connectivity index (χ1) is 9.00. The van der Waals surface area contributed by atoms with Crippen molar-refractivity contribution in [3.8, 4) is 5.75 Å². The molecule has 19 heavy (non-hydrogen) atoms. The molecule has 106 valence electrons. The summed E-state index contributed by atoms with van der Waals surface area (Å²) in [5, 5.41) is 3.44. The van der Waals surface area contributed by atoms with E-state index in [1.54, 1.807) is 7.11 Å². The monoisotopic (exact) mass is 263 g/mol. The summed E-state index contributed by atoms with van der Waals surface area (Å²) in [7, 11) is 3.75. The molecule has 0 spiro atoms. The predicted octanol–water partition coefficient (Wildman–Crippen LogP) is 2.52. The first-order valence-electron chi connectivity index (χ1n) is 6.95. The lowest BCUT2D eigenvalue weighted by atomic mass is 9.64. The third kappa shape index (κ3) is 2.15. The molecule has 2 rings (SSSR count). The lowest BCUT2D eigenvalue weighted by molar-refractivity contribution is -0.0999. The summed E-state index contributed by atoms with van der Waals surface area (Å²) in [4.78, 5) is 0. The van der Waals surface area contributed by atoms with Gasteiger partial charge in [0.05, 0.1) is 25.7 Å². The van der Waals surface area contributed by atoms with Gasteiger partial charge in [-0.15, -0.1) is 0 Å². The number of hydrogen-bond acceptors (Lipinski definition) is 3. The Morgan fingerprint density at radius 3 is 2.47 bits per heavy atom. The van der Waals surface area contributed by atoms with Crippen LogP contribution in [0.15, 0.2) is 18.2 Å². The molecule has 0 unspecified atom stereocenters. The molecule has 1 saturated heterocycles. The average Bonchev–Trinajstić information content (AvgIpc) is 2.37. The molecule has 0 aromatic heterocycles. The number of likely N-dealkylation sites (N-methyl/N-ethyl adjacent to an activating group) is 1. The Labute approximate surface area is 116 Å². The zero-order valence-electron chi connectivity index (χ0n) is 12.7. The van der Waals surface area contributed by atoms with Crippen molar-refractivity contribution in [1.29, 1.82) is 0 Å². The van der Waals surface area contributed by atoms with Gasteiger partial charge >= 0.3 is 0 Å². The molecule has 0 bridgehead atoms. The van der Waals surface area contributed by atoms with Crippen LogP contribution in [0.2, 0.25) is 0 Å². The van der Waals surface area contributed by atoms with Crippen LogP contribution in [0.3, 0.4) is 0 Å². The minimum absolute atomic E-state index is 0.0156. The van der Waals surface area contributed by atoms with Gasteiger partial charge in [-0.25, -0.2) is 0 Å². The van der Waals surface area contributed by atoms with Crippen molar-refractivity contribution < 1.29 is 9.47 Å². The van der Waals surface area contributed by atoms with Crippen molar-refractivity contribution in [2.24, 2.45) is 0 Å². The Morgan fingerprint density at radius 1 is 1.37 bits per heavy atom. The Balaban J connectivity index is 2.54. The van der Waals surface area contributed by atoms with Crippen LogP contribution < -0.4 is 10.1 Å². The molecule has 1 fully saturated rings. The zero-order chi connectivity index (χ0) is 14.1. The first-order valence-corrected chi connectivity index (χ1v) is 6.95. The van der Waals surface area contributed by atoms with Crippen LogP contribution in [0.4, 0.5) is 0 Å². The van der Waals surface area contributed by atoms with Gasteiger partial charge in [-0.1, -0.05) is 19.1 Å². The highest BCUT2D eigenvalue weighted by Crippen LogP contribution is 2.45. The summed E-state index contributed by atoms with van der Waals surface area (Å²) in [5.41, 5.74) is 2.55. The molecule has 1 N–H and O–H groups in total. The Bertz CT molecular complexity index is 450. The van der Waals surface area contributed by atoms with E-state index in [9.17, 15) is 0 Å². The fourth-order valence-electron chi connectivity index (χ4n) is 2.75. The van der Waals surface area contributed by atoms with E-state index in [-0.39, 0.29) is 11.0 Å². The van der Waals surface area contributed by atoms with Crippen LogP contribution in [-0.2, 0) is 16.6 Å². The molecule has 1 heterocycles. The smallest absolute Gasteiger partial charge is 0.122 e. The fourth-order valence-corrected chi connectivity index (χ4v) is 2.75. The van der Waals surface area contributed by atoms with E-state index in [2.05, 4.69) is 44.3 Å². The molecule has 0 amide bonds. The van der Waals surface area contributed by atoms with Gasteiger partial charge in [0.15, 0.2) is 0 Å². The van der Waals surface area contributed by atoms with Gasteiger partial charge in [-0.2, -0.15) is 0 Å². The normalized spacial score (nSPS) is 17.9. The van der Waals surface area contributed by atoms with Gasteiger partial charge in [0.25, 0.3) is 0 Å². The van der Waals surface area contributed by atoms with Gasteiger partial charge < -0.3 is 14.8 Å². The number of hydrogen-bond donors (Lipinski definition) is 1. The molecule has 0 aliphatic carbocycles. The Hall–Kier alpha value is -1.06. The van der Waals surface area contributed by atoms with Crippen molar-refractivity contribution in [3.63, 3.8) is 0 Å². The molecule has 3 heteroatoms. The Kier molecular flexibility index (Phi) is 3.88. The third-order valence-electron chi connectivity index (χ3n) is 4.71. The maximum Gasteiger partial charge on any atom is 0.122 e. The molecule has 0 saturated carbocycles. The highest BCUT2D eigenvalue weighted by molar-refractivity contribution is 5.46. The van der Waals surface area contributed by atoms with E-state index in [0.29, 0.717) is 0 Å². The number of benzene rings is 1. The summed E-state index contributed by atoms with van der Waals surface area (Å²) in [5.74, 6) is 0.962. The van der Waals surface area contributed by atoms with Crippen LogP contribution in [0.5, 0.6) is 5.75 Å². The van der Waals surface area contributed by atoms with Crippen molar-refractivity contribution in [3.05, 3.63) is 29.3 Å². The number of nitrogens with one attached hydrogen (secondary N) is 1. The third-order valence-corrected chi connectivity index (χ3v) is 4.71. The van der Waals surface area contributed by atoms with Crippen molar-refractivity contribution in [2.75, 3.05) is 27.4 Å². The van der Waals surface area contributed by atoms with Gasteiger partial charge in [0.1, 0.15) is 5.75 Å². The minimum Gasteiger partial charge on any atom is -0.496 e. The molecule has 1 aromatic rings. The largest absolute Gasteiger partial charge is 0.496 e. The lowest BCUT2D eigenvalue weighted by Crippen LogP contribution is -2.65. The van der Waals surface area contributed by atoms with E-state index in [0.717, 1.165) is 25.4 Å². The summed E-state index contributed by atoms with van der Waals surface area (Å²) in [6, 6.07) is 6.50. The van der Waals surface area contributed by atoms with E-state index in [1.165, 1.54) is 11.1 Å². The van der Waals surface area contributed by atoms with Crippen LogP contribution >= 0.6 is 0 Å². The van der Waals surface area contributed by atoms with Crippen LogP contribution in [-0.4, -0.2) is 32.9 Å². The maximum atomic E-state index is 5.58. The topological polar surface area (TPSA) is 30.5 Å². The van der Waals surface area contributed by atoms with Crippen LogP contribution in [0, 0.1) is 0 Å². The number of ether oxygens (including phenoxy) is 2. The summed E-state index contributed by atoms with van der Waals surface area (Å²) in [6.07, 6.45) is 1.04. The fraction of sp³-hybridized carbons (Fsp3) is 0.625. The average molecular weight is 263 g/mol. The second kappa shape index (κ2) is 5.14. The summed E-state index contributed by atoms with van der Waals surface area (Å²) < 4.78 is 11.1. The molecule has 0 radical (unpaired) electrons. The van der Waals surface area contributed by atoms with Crippen LogP contribution in [0.25, 0.3) is 0 Å². The zero-order valence-corrected chi connectivity index (χ0v) is 12.7.